The molecule has 28 heavy (non-hydrogen) atoms. The van der Waals surface area contributed by atoms with Crippen LogP contribution in [0.5, 0.6) is 0 Å². The predicted molar refractivity (Wildman–Crippen MR) is 112 cm³/mol. The van der Waals surface area contributed by atoms with Gasteiger partial charge in [0.05, 0.1) is 12.8 Å². The van der Waals surface area contributed by atoms with Crippen molar-refractivity contribution >= 4 is 28.4 Å². The molecule has 0 aliphatic heterocycles. The number of furan rings is 1. The summed E-state index contributed by atoms with van der Waals surface area (Å²) in [5.41, 5.74) is 5.32. The highest BCUT2D eigenvalue weighted by atomic mass is 35.5. The fraction of sp³-hybridized carbons (Fsp3) is 0.174. The lowest BCUT2D eigenvalue weighted by Gasteiger charge is -2.09. The van der Waals surface area contributed by atoms with Gasteiger partial charge in [0, 0.05) is 33.7 Å². The molecule has 0 spiro atoms. The molecule has 0 aliphatic rings. The van der Waals surface area contributed by atoms with Gasteiger partial charge in [0.15, 0.2) is 0 Å². The average molecular weight is 393 g/mol. The van der Waals surface area contributed by atoms with Gasteiger partial charge in [0.2, 0.25) is 0 Å². The molecule has 0 saturated heterocycles. The molecular weight excluding hydrogens is 372 g/mol. The maximum atomic E-state index is 12.5. The van der Waals surface area contributed by atoms with Crippen LogP contribution < -0.4 is 5.32 Å². The van der Waals surface area contributed by atoms with E-state index >= 15 is 0 Å². The second-order valence-corrected chi connectivity index (χ2v) is 7.35. The number of halogens is 1. The molecule has 0 saturated carbocycles. The van der Waals surface area contributed by atoms with Crippen molar-refractivity contribution in [2.24, 2.45) is 0 Å². The summed E-state index contributed by atoms with van der Waals surface area (Å²) in [4.78, 5) is 12.5. The number of aryl methyl sites for hydroxylation is 1. The SMILES string of the molecule is Cc1c(C)n(Cc2ccc(Cl)cc2)c2ccc(C(=O)NCc3ccco3)cc12. The van der Waals surface area contributed by atoms with Crippen molar-refractivity contribution in [3.8, 4) is 0 Å². The van der Waals surface area contributed by atoms with Crippen molar-refractivity contribution in [1.82, 2.24) is 9.88 Å². The van der Waals surface area contributed by atoms with Crippen molar-refractivity contribution in [3.05, 3.63) is 94.0 Å². The minimum Gasteiger partial charge on any atom is -0.467 e. The van der Waals surface area contributed by atoms with Crippen molar-refractivity contribution in [1.29, 1.82) is 0 Å². The molecule has 1 amide bonds. The first kappa shape index (κ1) is 18.4. The van der Waals surface area contributed by atoms with Crippen LogP contribution in [0.25, 0.3) is 10.9 Å². The number of amides is 1. The van der Waals surface area contributed by atoms with Gasteiger partial charge in [-0.2, -0.15) is 0 Å². The van der Waals surface area contributed by atoms with Crippen LogP contribution in [0.2, 0.25) is 5.02 Å². The fourth-order valence-electron chi connectivity index (χ4n) is 3.45. The molecule has 4 nitrogen and oxygen atoms in total. The second-order valence-electron chi connectivity index (χ2n) is 6.92. The highest BCUT2D eigenvalue weighted by molar-refractivity contribution is 6.30. The molecule has 0 bridgehead atoms. The van der Waals surface area contributed by atoms with Crippen LogP contribution in [-0.4, -0.2) is 10.5 Å². The van der Waals surface area contributed by atoms with Crippen LogP contribution >= 0.6 is 11.6 Å². The zero-order valence-electron chi connectivity index (χ0n) is 15.8. The van der Waals surface area contributed by atoms with E-state index in [1.165, 1.54) is 16.8 Å². The predicted octanol–water partition coefficient (Wildman–Crippen LogP) is 5.48. The molecule has 2 aromatic heterocycles. The number of benzene rings is 2. The van der Waals surface area contributed by atoms with Crippen molar-refractivity contribution in [3.63, 3.8) is 0 Å². The lowest BCUT2D eigenvalue weighted by Crippen LogP contribution is -2.22. The summed E-state index contributed by atoms with van der Waals surface area (Å²) in [5, 5.41) is 4.73. The molecule has 4 rings (SSSR count). The van der Waals surface area contributed by atoms with E-state index in [4.69, 9.17) is 16.0 Å². The van der Waals surface area contributed by atoms with Gasteiger partial charge in [-0.15, -0.1) is 0 Å². The van der Waals surface area contributed by atoms with Crippen LogP contribution in [0.3, 0.4) is 0 Å². The molecule has 5 heteroatoms. The number of hydrogen-bond donors (Lipinski definition) is 1. The zero-order chi connectivity index (χ0) is 19.7. The number of rotatable bonds is 5. The van der Waals surface area contributed by atoms with E-state index in [1.54, 1.807) is 6.26 Å². The van der Waals surface area contributed by atoms with Crippen LogP contribution in [-0.2, 0) is 13.1 Å². The first-order valence-electron chi connectivity index (χ1n) is 9.17. The molecule has 2 aromatic carbocycles. The van der Waals surface area contributed by atoms with Crippen molar-refractivity contribution in [2.45, 2.75) is 26.9 Å². The third-order valence-corrected chi connectivity index (χ3v) is 5.41. The summed E-state index contributed by atoms with van der Waals surface area (Å²) in [6.07, 6.45) is 1.60. The van der Waals surface area contributed by atoms with Gasteiger partial charge in [-0.3, -0.25) is 4.79 Å². The van der Waals surface area contributed by atoms with Gasteiger partial charge in [-0.05, 0) is 67.4 Å². The summed E-state index contributed by atoms with van der Waals surface area (Å²) < 4.78 is 7.54. The zero-order valence-corrected chi connectivity index (χ0v) is 16.6. The van der Waals surface area contributed by atoms with Gasteiger partial charge in [-0.25, -0.2) is 0 Å². The minimum absolute atomic E-state index is 0.110. The topological polar surface area (TPSA) is 47.2 Å². The minimum atomic E-state index is -0.110. The van der Waals surface area contributed by atoms with E-state index < -0.39 is 0 Å². The van der Waals surface area contributed by atoms with E-state index in [9.17, 15) is 4.79 Å². The Kier molecular flexibility index (Phi) is 4.97. The quantitative estimate of drug-likeness (QED) is 0.488. The monoisotopic (exact) mass is 392 g/mol. The molecule has 142 valence electrons. The summed E-state index contributed by atoms with van der Waals surface area (Å²) in [5.74, 6) is 0.622. The van der Waals surface area contributed by atoms with Gasteiger partial charge in [-0.1, -0.05) is 23.7 Å². The van der Waals surface area contributed by atoms with Gasteiger partial charge in [0.1, 0.15) is 5.76 Å². The van der Waals surface area contributed by atoms with Crippen molar-refractivity contribution < 1.29 is 9.21 Å². The van der Waals surface area contributed by atoms with Crippen LogP contribution in [0.1, 0.15) is 32.9 Å². The summed E-state index contributed by atoms with van der Waals surface area (Å²) in [6.45, 7) is 5.35. The maximum absolute atomic E-state index is 12.5. The number of nitrogens with zero attached hydrogens (tertiary/aromatic N) is 1. The standard InChI is InChI=1S/C23H21ClN2O2/c1-15-16(2)26(14-17-5-8-19(24)9-6-17)22-10-7-18(12-21(15)22)23(27)25-13-20-4-3-11-28-20/h3-12H,13-14H2,1-2H3,(H,25,27). The fourth-order valence-corrected chi connectivity index (χ4v) is 3.58. The number of hydrogen-bond acceptors (Lipinski definition) is 2. The second kappa shape index (κ2) is 7.56. The highest BCUT2D eigenvalue weighted by Gasteiger charge is 2.14. The van der Waals surface area contributed by atoms with E-state index in [2.05, 4.69) is 23.7 Å². The van der Waals surface area contributed by atoms with Gasteiger partial charge < -0.3 is 14.3 Å². The van der Waals surface area contributed by atoms with E-state index in [0.717, 1.165) is 28.2 Å². The first-order chi connectivity index (χ1) is 13.5. The third kappa shape index (κ3) is 3.56. The Hall–Kier alpha value is -2.98. The molecule has 0 unspecified atom stereocenters. The van der Waals surface area contributed by atoms with E-state index in [0.29, 0.717) is 12.1 Å². The molecule has 0 fully saturated rings. The number of carbonyl (C=O) groups excluding carboxylic acids is 1. The maximum Gasteiger partial charge on any atom is 0.251 e. The summed E-state index contributed by atoms with van der Waals surface area (Å²) in [7, 11) is 0. The first-order valence-corrected chi connectivity index (χ1v) is 9.55. The molecule has 0 radical (unpaired) electrons. The number of nitrogens with one attached hydrogen (secondary N) is 1. The average Bonchev–Trinajstić information content (AvgIpc) is 3.31. The summed E-state index contributed by atoms with van der Waals surface area (Å²) in [6, 6.07) is 17.4. The molecular formula is C23H21ClN2O2. The van der Waals surface area contributed by atoms with Crippen LogP contribution in [0.15, 0.2) is 65.3 Å². The third-order valence-electron chi connectivity index (χ3n) is 5.16. The van der Waals surface area contributed by atoms with E-state index in [1.807, 2.05) is 54.6 Å². The van der Waals surface area contributed by atoms with Gasteiger partial charge >= 0.3 is 0 Å². The molecule has 0 atom stereocenters. The molecule has 2 heterocycles. The molecule has 0 aliphatic carbocycles. The molecule has 4 aromatic rings. The number of carbonyl (C=O) groups is 1. The van der Waals surface area contributed by atoms with Crippen LogP contribution in [0, 0.1) is 13.8 Å². The Balaban J connectivity index is 1.62. The largest absolute Gasteiger partial charge is 0.467 e. The summed E-state index contributed by atoms with van der Waals surface area (Å²) >= 11 is 6.00. The van der Waals surface area contributed by atoms with Crippen molar-refractivity contribution in [2.75, 3.05) is 0 Å². The van der Waals surface area contributed by atoms with E-state index in [-0.39, 0.29) is 5.91 Å². The lowest BCUT2D eigenvalue weighted by molar-refractivity contribution is 0.0948. The normalized spacial score (nSPS) is 11.1. The number of aromatic nitrogens is 1. The van der Waals surface area contributed by atoms with Crippen LogP contribution in [0.4, 0.5) is 0 Å². The Morgan fingerprint density at radius 2 is 1.89 bits per heavy atom. The number of fused-ring (bicyclic) bond motifs is 1. The Labute approximate surface area is 168 Å². The molecule has 1 N–H and O–H groups in total. The van der Waals surface area contributed by atoms with Gasteiger partial charge in [0.25, 0.3) is 5.91 Å². The Morgan fingerprint density at radius 1 is 1.11 bits per heavy atom. The smallest absolute Gasteiger partial charge is 0.251 e. The Bertz CT molecular complexity index is 1130. The lowest BCUT2D eigenvalue weighted by atomic mass is 10.1. The Morgan fingerprint density at radius 3 is 2.61 bits per heavy atom. The highest BCUT2D eigenvalue weighted by Crippen LogP contribution is 2.27.